The fraction of sp³-hybridized carbons (Fsp3) is 0.562. The summed E-state index contributed by atoms with van der Waals surface area (Å²) in [6, 6.07) is 5.10. The van der Waals surface area contributed by atoms with Crippen LogP contribution in [-0.4, -0.2) is 57.3 Å². The van der Waals surface area contributed by atoms with Gasteiger partial charge in [0.15, 0.2) is 0 Å². The highest BCUT2D eigenvalue weighted by molar-refractivity contribution is 5.63. The Balaban J connectivity index is 1.99. The lowest BCUT2D eigenvalue weighted by atomic mass is 10.3. The largest absolute Gasteiger partial charge is 0.513 e. The maximum atomic E-state index is 11.4. The van der Waals surface area contributed by atoms with Crippen molar-refractivity contribution in [3.05, 3.63) is 34.4 Å². The lowest BCUT2D eigenvalue weighted by Crippen LogP contribution is -2.16. The molecule has 0 radical (unpaired) electrons. The van der Waals surface area contributed by atoms with E-state index in [0.29, 0.717) is 26.4 Å². The highest BCUT2D eigenvalue weighted by Crippen LogP contribution is 2.17. The Morgan fingerprint density at radius 3 is 1.96 bits per heavy atom. The van der Waals surface area contributed by atoms with E-state index in [1.165, 1.54) is 24.3 Å². The van der Waals surface area contributed by atoms with E-state index >= 15 is 0 Å². The molecule has 9 nitrogen and oxygen atoms in total. The van der Waals surface area contributed by atoms with E-state index in [9.17, 15) is 14.9 Å². The van der Waals surface area contributed by atoms with Crippen molar-refractivity contribution in [1.82, 2.24) is 0 Å². The van der Waals surface area contributed by atoms with Gasteiger partial charge in [-0.05, 0) is 18.6 Å². The van der Waals surface area contributed by atoms with Gasteiger partial charge < -0.3 is 23.7 Å². The molecule has 0 bridgehead atoms. The Morgan fingerprint density at radius 1 is 0.920 bits per heavy atom. The fourth-order valence-corrected chi connectivity index (χ4v) is 1.63. The number of nitrogens with zero attached hydrogens (tertiary/aromatic N) is 1. The van der Waals surface area contributed by atoms with Crippen LogP contribution >= 0.6 is 0 Å². The molecule has 0 atom stereocenters. The molecule has 0 saturated carbocycles. The SMILES string of the molecule is CCCOCCOCCOCCOC(=O)Oc1ccc([N+](=O)[O-])cc1. The van der Waals surface area contributed by atoms with Gasteiger partial charge in [-0.2, -0.15) is 0 Å². The molecule has 0 unspecified atom stereocenters. The first-order valence-corrected chi connectivity index (χ1v) is 7.95. The Bertz CT molecular complexity index is 505. The zero-order valence-corrected chi connectivity index (χ0v) is 14.2. The van der Waals surface area contributed by atoms with Gasteiger partial charge in [0.05, 0.1) is 38.0 Å². The highest BCUT2D eigenvalue weighted by atomic mass is 16.7. The number of nitro groups is 1. The number of hydrogen-bond acceptors (Lipinski definition) is 8. The summed E-state index contributed by atoms with van der Waals surface area (Å²) < 4.78 is 25.4. The van der Waals surface area contributed by atoms with Crippen LogP contribution in [0.3, 0.4) is 0 Å². The number of hydrogen-bond donors (Lipinski definition) is 0. The molecule has 0 heterocycles. The molecule has 25 heavy (non-hydrogen) atoms. The third-order valence-corrected chi connectivity index (χ3v) is 2.79. The second kappa shape index (κ2) is 13.1. The molecular weight excluding hydrogens is 334 g/mol. The molecular formula is C16H23NO8. The quantitative estimate of drug-likeness (QED) is 0.174. The van der Waals surface area contributed by atoms with Crippen LogP contribution in [0.15, 0.2) is 24.3 Å². The number of nitro benzene ring substituents is 1. The van der Waals surface area contributed by atoms with E-state index in [1.54, 1.807) is 0 Å². The zero-order valence-electron chi connectivity index (χ0n) is 14.2. The molecule has 0 amide bonds. The number of carbonyl (C=O) groups excluding carboxylic acids is 1. The van der Waals surface area contributed by atoms with Crippen molar-refractivity contribution in [2.24, 2.45) is 0 Å². The average molecular weight is 357 g/mol. The summed E-state index contributed by atoms with van der Waals surface area (Å²) in [6.45, 7) is 4.91. The number of non-ortho nitro benzene ring substituents is 1. The summed E-state index contributed by atoms with van der Waals surface area (Å²) in [5, 5.41) is 10.5. The van der Waals surface area contributed by atoms with Crippen molar-refractivity contribution < 1.29 is 33.4 Å². The molecule has 0 saturated heterocycles. The predicted molar refractivity (Wildman–Crippen MR) is 87.8 cm³/mol. The van der Waals surface area contributed by atoms with E-state index in [0.717, 1.165) is 13.0 Å². The predicted octanol–water partition coefficient (Wildman–Crippen LogP) is 2.57. The number of benzene rings is 1. The summed E-state index contributed by atoms with van der Waals surface area (Å²) in [5.41, 5.74) is -0.0896. The van der Waals surface area contributed by atoms with Crippen LogP contribution in [0, 0.1) is 10.1 Å². The van der Waals surface area contributed by atoms with Gasteiger partial charge in [-0.25, -0.2) is 4.79 Å². The molecule has 9 heteroatoms. The van der Waals surface area contributed by atoms with Gasteiger partial charge >= 0.3 is 6.16 Å². The minimum atomic E-state index is -0.901. The third-order valence-electron chi connectivity index (χ3n) is 2.79. The molecule has 0 N–H and O–H groups in total. The minimum Gasteiger partial charge on any atom is -0.432 e. The monoisotopic (exact) mass is 357 g/mol. The molecule has 0 aliphatic heterocycles. The topological polar surface area (TPSA) is 106 Å². The summed E-state index contributed by atoms with van der Waals surface area (Å²) in [4.78, 5) is 21.4. The third kappa shape index (κ3) is 10.3. The second-order valence-corrected chi connectivity index (χ2v) is 4.79. The summed E-state index contributed by atoms with van der Waals surface area (Å²) in [6.07, 6.45) is 0.0808. The van der Waals surface area contributed by atoms with E-state index in [-0.39, 0.29) is 24.7 Å². The summed E-state index contributed by atoms with van der Waals surface area (Å²) >= 11 is 0. The Labute approximate surface area is 145 Å². The van der Waals surface area contributed by atoms with Crippen molar-refractivity contribution in [3.63, 3.8) is 0 Å². The van der Waals surface area contributed by atoms with E-state index in [1.807, 2.05) is 6.92 Å². The van der Waals surface area contributed by atoms with Gasteiger partial charge in [-0.1, -0.05) is 6.92 Å². The summed E-state index contributed by atoms with van der Waals surface area (Å²) in [5.74, 6) is 0.162. The number of ether oxygens (including phenoxy) is 5. The molecule has 0 aliphatic rings. The fourth-order valence-electron chi connectivity index (χ4n) is 1.63. The van der Waals surface area contributed by atoms with Gasteiger partial charge in [-0.3, -0.25) is 10.1 Å². The Hall–Kier alpha value is -2.23. The van der Waals surface area contributed by atoms with Crippen molar-refractivity contribution >= 4 is 11.8 Å². The van der Waals surface area contributed by atoms with Crippen LogP contribution in [-0.2, 0) is 18.9 Å². The van der Waals surface area contributed by atoms with E-state index < -0.39 is 11.1 Å². The molecule has 1 aromatic carbocycles. The molecule has 0 spiro atoms. The van der Waals surface area contributed by atoms with Gasteiger partial charge in [0.1, 0.15) is 12.4 Å². The van der Waals surface area contributed by atoms with E-state index in [4.69, 9.17) is 23.7 Å². The Kier molecular flexibility index (Phi) is 10.9. The van der Waals surface area contributed by atoms with Gasteiger partial charge in [0.2, 0.25) is 0 Å². The van der Waals surface area contributed by atoms with Crippen molar-refractivity contribution in [2.45, 2.75) is 13.3 Å². The lowest BCUT2D eigenvalue weighted by molar-refractivity contribution is -0.384. The van der Waals surface area contributed by atoms with Crippen LogP contribution in [0.4, 0.5) is 10.5 Å². The zero-order chi connectivity index (χ0) is 18.3. The minimum absolute atomic E-state index is 0.0332. The van der Waals surface area contributed by atoms with Crippen molar-refractivity contribution in [3.8, 4) is 5.75 Å². The lowest BCUT2D eigenvalue weighted by Gasteiger charge is -2.07. The maximum absolute atomic E-state index is 11.4. The normalized spacial score (nSPS) is 10.4. The van der Waals surface area contributed by atoms with Crippen LogP contribution < -0.4 is 4.74 Å². The van der Waals surface area contributed by atoms with Crippen LogP contribution in [0.5, 0.6) is 5.75 Å². The van der Waals surface area contributed by atoms with Gasteiger partial charge in [-0.15, -0.1) is 0 Å². The first-order valence-electron chi connectivity index (χ1n) is 7.95. The molecule has 1 aromatic rings. The van der Waals surface area contributed by atoms with Crippen molar-refractivity contribution in [2.75, 3.05) is 46.2 Å². The van der Waals surface area contributed by atoms with Gasteiger partial charge in [0, 0.05) is 18.7 Å². The molecule has 0 aliphatic carbocycles. The molecule has 1 rings (SSSR count). The molecule has 0 aromatic heterocycles. The maximum Gasteiger partial charge on any atom is 0.513 e. The smallest absolute Gasteiger partial charge is 0.432 e. The standard InChI is InChI=1S/C16H23NO8/c1-2-7-21-8-9-22-10-11-23-12-13-24-16(18)25-15-5-3-14(4-6-15)17(19)20/h3-6H,2,7-13H2,1H3. The number of carbonyl (C=O) groups is 1. The average Bonchev–Trinajstić information content (AvgIpc) is 2.60. The van der Waals surface area contributed by atoms with E-state index in [2.05, 4.69) is 0 Å². The Morgan fingerprint density at radius 2 is 1.44 bits per heavy atom. The first kappa shape index (κ1) is 20.8. The van der Waals surface area contributed by atoms with Crippen LogP contribution in [0.2, 0.25) is 0 Å². The van der Waals surface area contributed by atoms with Crippen LogP contribution in [0.25, 0.3) is 0 Å². The second-order valence-electron chi connectivity index (χ2n) is 4.79. The van der Waals surface area contributed by atoms with Crippen LogP contribution in [0.1, 0.15) is 13.3 Å². The molecule has 0 fully saturated rings. The first-order chi connectivity index (χ1) is 12.1. The van der Waals surface area contributed by atoms with Crippen molar-refractivity contribution in [1.29, 1.82) is 0 Å². The molecule has 140 valence electrons. The number of rotatable bonds is 13. The van der Waals surface area contributed by atoms with Gasteiger partial charge in [0.25, 0.3) is 5.69 Å². The summed E-state index contributed by atoms with van der Waals surface area (Å²) in [7, 11) is 0. The highest BCUT2D eigenvalue weighted by Gasteiger charge is 2.09.